The van der Waals surface area contributed by atoms with Crippen molar-refractivity contribution in [3.8, 4) is 11.3 Å². The van der Waals surface area contributed by atoms with Gasteiger partial charge in [-0.2, -0.15) is 0 Å². The molecule has 1 aliphatic heterocycles. The zero-order chi connectivity index (χ0) is 18.1. The van der Waals surface area contributed by atoms with Gasteiger partial charge < -0.3 is 5.32 Å². The Labute approximate surface area is 150 Å². The van der Waals surface area contributed by atoms with Gasteiger partial charge in [0.25, 0.3) is 0 Å². The molecule has 0 fully saturated rings. The van der Waals surface area contributed by atoms with E-state index in [0.717, 1.165) is 24.2 Å². The molecule has 25 heavy (non-hydrogen) atoms. The Bertz CT molecular complexity index is 880. The Morgan fingerprint density at radius 2 is 1.84 bits per heavy atom. The van der Waals surface area contributed by atoms with E-state index in [1.807, 2.05) is 11.7 Å². The molecule has 0 amide bonds. The molecule has 0 saturated carbocycles. The zero-order valence-electron chi connectivity index (χ0n) is 16.2. The van der Waals surface area contributed by atoms with Gasteiger partial charge in [-0.3, -0.25) is 0 Å². The van der Waals surface area contributed by atoms with Gasteiger partial charge in [0.05, 0.1) is 16.9 Å². The summed E-state index contributed by atoms with van der Waals surface area (Å²) in [6.45, 7) is 15.6. The van der Waals surface area contributed by atoms with Crippen LogP contribution in [0.3, 0.4) is 0 Å². The van der Waals surface area contributed by atoms with Gasteiger partial charge in [-0.1, -0.05) is 25.6 Å². The van der Waals surface area contributed by atoms with E-state index in [1.54, 1.807) is 0 Å². The molecule has 4 rings (SSSR count). The fourth-order valence-corrected chi connectivity index (χ4v) is 4.79. The lowest BCUT2D eigenvalue weighted by Gasteiger charge is -2.47. The molecule has 1 aromatic heterocycles. The van der Waals surface area contributed by atoms with Crippen LogP contribution in [0.15, 0.2) is 18.2 Å². The van der Waals surface area contributed by atoms with Crippen molar-refractivity contribution in [2.45, 2.75) is 64.8 Å². The molecule has 4 nitrogen and oxygen atoms in total. The molecular formula is C21H28N4. The summed E-state index contributed by atoms with van der Waals surface area (Å²) < 4.78 is 1.91. The van der Waals surface area contributed by atoms with Crippen molar-refractivity contribution < 1.29 is 0 Å². The molecule has 4 heteroatoms. The van der Waals surface area contributed by atoms with Crippen LogP contribution in [0.4, 0.5) is 5.69 Å². The standard InChI is InChI=1S/C21H28N4/c1-12-19(25(7)24-23-12)16-11-17-18(15-10-8-9-14(15)16)22-21(5,6)13(2)20(17,3)4/h11,22H,2,8-10H2,1,3-7H3. The number of anilines is 1. The highest BCUT2D eigenvalue weighted by Crippen LogP contribution is 2.51. The molecule has 0 saturated heterocycles. The van der Waals surface area contributed by atoms with E-state index in [-0.39, 0.29) is 11.0 Å². The second-order valence-corrected chi connectivity index (χ2v) is 8.66. The number of nitrogens with one attached hydrogen (secondary N) is 1. The number of rotatable bonds is 1. The molecule has 0 spiro atoms. The van der Waals surface area contributed by atoms with Gasteiger partial charge in [-0.05, 0) is 68.4 Å². The van der Waals surface area contributed by atoms with Crippen molar-refractivity contribution in [2.24, 2.45) is 7.05 Å². The lowest BCUT2D eigenvalue weighted by Crippen LogP contribution is -2.46. The summed E-state index contributed by atoms with van der Waals surface area (Å²) in [6, 6.07) is 2.37. The highest BCUT2D eigenvalue weighted by atomic mass is 15.4. The number of hydrogen-bond acceptors (Lipinski definition) is 3. The number of aryl methyl sites for hydroxylation is 2. The first-order chi connectivity index (χ1) is 11.6. The highest BCUT2D eigenvalue weighted by molar-refractivity contribution is 5.80. The second-order valence-electron chi connectivity index (χ2n) is 8.66. The molecule has 1 aromatic carbocycles. The number of hydrogen-bond donors (Lipinski definition) is 1. The van der Waals surface area contributed by atoms with Crippen molar-refractivity contribution in [2.75, 3.05) is 5.32 Å². The van der Waals surface area contributed by atoms with Gasteiger partial charge in [0.15, 0.2) is 0 Å². The average Bonchev–Trinajstić information content (AvgIpc) is 3.13. The zero-order valence-corrected chi connectivity index (χ0v) is 16.2. The quantitative estimate of drug-likeness (QED) is 0.789. The monoisotopic (exact) mass is 336 g/mol. The Morgan fingerprint density at radius 1 is 1.16 bits per heavy atom. The minimum Gasteiger partial charge on any atom is -0.376 e. The van der Waals surface area contributed by atoms with E-state index in [9.17, 15) is 0 Å². The molecule has 1 aliphatic carbocycles. The smallest absolute Gasteiger partial charge is 0.0914 e. The van der Waals surface area contributed by atoms with Crippen LogP contribution in [0.1, 0.15) is 56.5 Å². The van der Waals surface area contributed by atoms with Crippen LogP contribution in [0.2, 0.25) is 0 Å². The molecule has 0 radical (unpaired) electrons. The van der Waals surface area contributed by atoms with Crippen molar-refractivity contribution in [3.63, 3.8) is 0 Å². The SMILES string of the molecule is C=C1C(C)(C)Nc2c(cc(-c3c(C)nnn3C)c3c2CCC3)C1(C)C. The number of fused-ring (bicyclic) bond motifs is 3. The Balaban J connectivity index is 2.06. The lowest BCUT2D eigenvalue weighted by atomic mass is 9.66. The molecule has 0 unspecified atom stereocenters. The van der Waals surface area contributed by atoms with E-state index < -0.39 is 0 Å². The lowest BCUT2D eigenvalue weighted by molar-refractivity contribution is 0.489. The molecular weight excluding hydrogens is 308 g/mol. The number of aromatic nitrogens is 3. The van der Waals surface area contributed by atoms with Crippen LogP contribution >= 0.6 is 0 Å². The van der Waals surface area contributed by atoms with Crippen LogP contribution in [0.5, 0.6) is 0 Å². The van der Waals surface area contributed by atoms with E-state index in [2.05, 4.69) is 62.9 Å². The maximum absolute atomic E-state index is 4.45. The van der Waals surface area contributed by atoms with Gasteiger partial charge in [0.1, 0.15) is 0 Å². The summed E-state index contributed by atoms with van der Waals surface area (Å²) in [5, 5.41) is 12.3. The van der Waals surface area contributed by atoms with Gasteiger partial charge in [0.2, 0.25) is 0 Å². The third-order valence-electron chi connectivity index (χ3n) is 6.27. The maximum atomic E-state index is 4.45. The Morgan fingerprint density at radius 3 is 2.48 bits per heavy atom. The third kappa shape index (κ3) is 2.12. The van der Waals surface area contributed by atoms with E-state index in [0.29, 0.717) is 0 Å². The molecule has 0 atom stereocenters. The first-order valence-corrected chi connectivity index (χ1v) is 9.18. The maximum Gasteiger partial charge on any atom is 0.0914 e. The minimum absolute atomic E-state index is 0.0730. The summed E-state index contributed by atoms with van der Waals surface area (Å²) in [5.74, 6) is 0. The summed E-state index contributed by atoms with van der Waals surface area (Å²) in [7, 11) is 1.99. The van der Waals surface area contributed by atoms with Crippen molar-refractivity contribution in [3.05, 3.63) is 40.6 Å². The predicted octanol–water partition coefficient (Wildman–Crippen LogP) is 4.32. The van der Waals surface area contributed by atoms with Gasteiger partial charge >= 0.3 is 0 Å². The highest BCUT2D eigenvalue weighted by Gasteiger charge is 2.43. The van der Waals surface area contributed by atoms with Crippen molar-refractivity contribution in [1.29, 1.82) is 0 Å². The van der Waals surface area contributed by atoms with Crippen LogP contribution in [-0.4, -0.2) is 20.5 Å². The summed E-state index contributed by atoms with van der Waals surface area (Å²) >= 11 is 0. The average molecular weight is 336 g/mol. The third-order valence-corrected chi connectivity index (χ3v) is 6.27. The van der Waals surface area contributed by atoms with Crippen LogP contribution < -0.4 is 5.32 Å². The van der Waals surface area contributed by atoms with E-state index in [4.69, 9.17) is 0 Å². The second kappa shape index (κ2) is 4.96. The predicted molar refractivity (Wildman–Crippen MR) is 103 cm³/mol. The molecule has 2 aromatic rings. The summed E-state index contributed by atoms with van der Waals surface area (Å²) in [6.07, 6.45) is 3.49. The van der Waals surface area contributed by atoms with Crippen LogP contribution in [0, 0.1) is 6.92 Å². The largest absolute Gasteiger partial charge is 0.376 e. The van der Waals surface area contributed by atoms with E-state index in [1.165, 1.54) is 39.9 Å². The topological polar surface area (TPSA) is 42.7 Å². The Kier molecular flexibility index (Phi) is 3.25. The van der Waals surface area contributed by atoms with Crippen molar-refractivity contribution in [1.82, 2.24) is 15.0 Å². The van der Waals surface area contributed by atoms with E-state index >= 15 is 0 Å². The minimum atomic E-state index is -0.0988. The van der Waals surface area contributed by atoms with Gasteiger partial charge in [-0.25, -0.2) is 4.68 Å². The fraction of sp³-hybridized carbons (Fsp3) is 0.524. The van der Waals surface area contributed by atoms with Gasteiger partial charge in [0, 0.05) is 23.7 Å². The number of nitrogens with zero attached hydrogens (tertiary/aromatic N) is 3. The molecule has 0 bridgehead atoms. The molecule has 2 aliphatic rings. The summed E-state index contributed by atoms with van der Waals surface area (Å²) in [4.78, 5) is 0. The van der Waals surface area contributed by atoms with Crippen LogP contribution in [0.25, 0.3) is 11.3 Å². The van der Waals surface area contributed by atoms with Crippen LogP contribution in [-0.2, 0) is 25.3 Å². The first kappa shape index (κ1) is 16.4. The molecule has 2 heterocycles. The molecule has 132 valence electrons. The molecule has 1 N–H and O–H groups in total. The van der Waals surface area contributed by atoms with Crippen molar-refractivity contribution >= 4 is 5.69 Å². The number of benzene rings is 1. The summed E-state index contributed by atoms with van der Waals surface area (Å²) in [5.41, 5.74) is 10.2. The normalized spacial score (nSPS) is 20.2. The fourth-order valence-electron chi connectivity index (χ4n) is 4.79. The Hall–Kier alpha value is -2.10. The van der Waals surface area contributed by atoms with Gasteiger partial charge in [-0.15, -0.1) is 5.10 Å². The first-order valence-electron chi connectivity index (χ1n) is 9.18.